The number of likely N-dealkylation sites (N-methyl/N-ethyl adjacent to an activating group) is 1. The van der Waals surface area contributed by atoms with Gasteiger partial charge in [0, 0.05) is 21.8 Å². The number of benzene rings is 1. The summed E-state index contributed by atoms with van der Waals surface area (Å²) >= 11 is 11.8. The summed E-state index contributed by atoms with van der Waals surface area (Å²) in [6.45, 7) is 5.64. The molecule has 0 aliphatic rings. The summed E-state index contributed by atoms with van der Waals surface area (Å²) in [6, 6.07) is 4.41. The van der Waals surface area contributed by atoms with E-state index in [0.29, 0.717) is 15.7 Å². The highest BCUT2D eigenvalue weighted by Crippen LogP contribution is 2.22. The van der Waals surface area contributed by atoms with Gasteiger partial charge in [0.25, 0.3) is 0 Å². The van der Waals surface area contributed by atoms with Crippen LogP contribution in [0.2, 0.25) is 10.0 Å². The summed E-state index contributed by atoms with van der Waals surface area (Å²) in [6.07, 6.45) is 0. The Labute approximate surface area is 141 Å². The van der Waals surface area contributed by atoms with Gasteiger partial charge < -0.3 is 10.6 Å². The number of hydrogen-bond acceptors (Lipinski definition) is 3. The third-order valence-electron chi connectivity index (χ3n) is 3.01. The first kappa shape index (κ1) is 18.7. The van der Waals surface area contributed by atoms with Crippen LogP contribution in [0, 0.1) is 0 Å². The summed E-state index contributed by atoms with van der Waals surface area (Å²) in [5.41, 5.74) is 0.523. The maximum Gasteiger partial charge on any atom is 0.241 e. The van der Waals surface area contributed by atoms with Crippen LogP contribution >= 0.6 is 23.2 Å². The molecule has 1 aromatic carbocycles. The largest absolute Gasteiger partial charge is 0.353 e. The van der Waals surface area contributed by atoms with Crippen LogP contribution in [0.15, 0.2) is 18.2 Å². The zero-order valence-electron chi connectivity index (χ0n) is 13.1. The summed E-state index contributed by atoms with van der Waals surface area (Å²) in [5.74, 6) is -0.360. The van der Waals surface area contributed by atoms with Crippen LogP contribution in [0.1, 0.15) is 20.8 Å². The molecule has 0 aliphatic heterocycles. The lowest BCUT2D eigenvalue weighted by Gasteiger charge is -2.23. The Hall–Kier alpha value is -1.30. The van der Waals surface area contributed by atoms with Crippen molar-refractivity contribution >= 4 is 40.7 Å². The number of anilines is 1. The quantitative estimate of drug-likeness (QED) is 0.833. The van der Waals surface area contributed by atoms with Gasteiger partial charge in [-0.05, 0) is 46.0 Å². The Kier molecular flexibility index (Phi) is 7.13. The molecule has 0 bridgehead atoms. The van der Waals surface area contributed by atoms with Crippen molar-refractivity contribution in [3.8, 4) is 0 Å². The SMILES string of the molecule is CC(C)NC(=O)CN(C)[C@@H](C)C(=O)Nc1cc(Cl)cc(Cl)c1. The molecule has 0 aliphatic carbocycles. The molecule has 5 nitrogen and oxygen atoms in total. The van der Waals surface area contributed by atoms with E-state index in [4.69, 9.17) is 23.2 Å². The number of amides is 2. The summed E-state index contributed by atoms with van der Waals surface area (Å²) in [7, 11) is 1.72. The van der Waals surface area contributed by atoms with E-state index in [9.17, 15) is 9.59 Å². The molecule has 7 heteroatoms. The highest BCUT2D eigenvalue weighted by molar-refractivity contribution is 6.35. The lowest BCUT2D eigenvalue weighted by atomic mass is 10.2. The van der Waals surface area contributed by atoms with Crippen molar-refractivity contribution in [2.24, 2.45) is 0 Å². The maximum absolute atomic E-state index is 12.2. The van der Waals surface area contributed by atoms with Crippen molar-refractivity contribution in [3.05, 3.63) is 28.2 Å². The van der Waals surface area contributed by atoms with Gasteiger partial charge in [-0.25, -0.2) is 0 Å². The zero-order valence-corrected chi connectivity index (χ0v) is 14.6. The smallest absolute Gasteiger partial charge is 0.241 e. The topological polar surface area (TPSA) is 61.4 Å². The average Bonchev–Trinajstić information content (AvgIpc) is 2.35. The fourth-order valence-electron chi connectivity index (χ4n) is 1.80. The van der Waals surface area contributed by atoms with Crippen LogP contribution in [-0.4, -0.2) is 42.4 Å². The van der Waals surface area contributed by atoms with Crippen molar-refractivity contribution < 1.29 is 9.59 Å². The molecule has 0 spiro atoms. The second-order valence-corrected chi connectivity index (χ2v) is 6.33. The third kappa shape index (κ3) is 6.22. The summed E-state index contributed by atoms with van der Waals surface area (Å²) in [5, 5.41) is 6.41. The van der Waals surface area contributed by atoms with Gasteiger partial charge >= 0.3 is 0 Å². The molecule has 0 saturated heterocycles. The highest BCUT2D eigenvalue weighted by atomic mass is 35.5. The van der Waals surface area contributed by atoms with Crippen LogP contribution in [0.4, 0.5) is 5.69 Å². The molecule has 0 saturated carbocycles. The van der Waals surface area contributed by atoms with Gasteiger partial charge in [0.2, 0.25) is 11.8 Å². The second-order valence-electron chi connectivity index (χ2n) is 5.46. The van der Waals surface area contributed by atoms with Crippen LogP contribution < -0.4 is 10.6 Å². The Balaban J connectivity index is 2.62. The molecule has 2 amide bonds. The van der Waals surface area contributed by atoms with Gasteiger partial charge in [-0.2, -0.15) is 0 Å². The molecule has 0 heterocycles. The standard InChI is InChI=1S/C15H21Cl2N3O2/c1-9(2)18-14(21)8-20(4)10(3)15(22)19-13-6-11(16)5-12(17)7-13/h5-7,9-10H,8H2,1-4H3,(H,18,21)(H,19,22)/t10-/m0/s1. The van der Waals surface area contributed by atoms with Crippen molar-refractivity contribution in [3.63, 3.8) is 0 Å². The molecule has 0 fully saturated rings. The third-order valence-corrected chi connectivity index (χ3v) is 3.45. The highest BCUT2D eigenvalue weighted by Gasteiger charge is 2.20. The summed E-state index contributed by atoms with van der Waals surface area (Å²) in [4.78, 5) is 25.6. The number of rotatable bonds is 6. The molecule has 1 aromatic rings. The first-order chi connectivity index (χ1) is 10.2. The second kappa shape index (κ2) is 8.36. The summed E-state index contributed by atoms with van der Waals surface area (Å²) < 4.78 is 0. The Morgan fingerprint density at radius 2 is 1.68 bits per heavy atom. The number of nitrogens with one attached hydrogen (secondary N) is 2. The van der Waals surface area contributed by atoms with Crippen LogP contribution in [0.5, 0.6) is 0 Å². The maximum atomic E-state index is 12.2. The van der Waals surface area contributed by atoms with Gasteiger partial charge in [0.1, 0.15) is 0 Å². The molecular weight excluding hydrogens is 325 g/mol. The number of carbonyl (C=O) groups excluding carboxylic acids is 2. The van der Waals surface area contributed by atoms with E-state index in [-0.39, 0.29) is 24.4 Å². The predicted octanol–water partition coefficient (Wildman–Crippen LogP) is 2.78. The van der Waals surface area contributed by atoms with Crippen molar-refractivity contribution in [1.29, 1.82) is 0 Å². The Bertz CT molecular complexity index is 529. The van der Waals surface area contributed by atoms with Gasteiger partial charge in [0.05, 0.1) is 12.6 Å². The van der Waals surface area contributed by atoms with Gasteiger partial charge in [-0.1, -0.05) is 23.2 Å². The molecule has 0 aromatic heterocycles. The van der Waals surface area contributed by atoms with E-state index < -0.39 is 6.04 Å². The first-order valence-electron chi connectivity index (χ1n) is 6.95. The van der Waals surface area contributed by atoms with Gasteiger partial charge in [0.15, 0.2) is 0 Å². The average molecular weight is 346 g/mol. The fourth-order valence-corrected chi connectivity index (χ4v) is 2.33. The minimum atomic E-state index is -0.476. The van der Waals surface area contributed by atoms with E-state index in [1.807, 2.05) is 13.8 Å². The van der Waals surface area contributed by atoms with Crippen molar-refractivity contribution in [2.45, 2.75) is 32.9 Å². The lowest BCUT2D eigenvalue weighted by Crippen LogP contribution is -2.45. The molecule has 22 heavy (non-hydrogen) atoms. The van der Waals surface area contributed by atoms with E-state index in [2.05, 4.69) is 10.6 Å². The van der Waals surface area contributed by atoms with Crippen LogP contribution in [0.3, 0.4) is 0 Å². The zero-order chi connectivity index (χ0) is 16.9. The number of halogens is 2. The first-order valence-corrected chi connectivity index (χ1v) is 7.71. The predicted molar refractivity (Wildman–Crippen MR) is 90.5 cm³/mol. The molecule has 0 radical (unpaired) electrons. The molecule has 1 rings (SSSR count). The normalized spacial score (nSPS) is 12.4. The fraction of sp³-hybridized carbons (Fsp3) is 0.467. The minimum absolute atomic E-state index is 0.0682. The number of hydrogen-bond donors (Lipinski definition) is 2. The van der Waals surface area contributed by atoms with E-state index in [1.54, 1.807) is 37.1 Å². The van der Waals surface area contributed by atoms with Crippen LogP contribution in [-0.2, 0) is 9.59 Å². The van der Waals surface area contributed by atoms with E-state index in [1.165, 1.54) is 0 Å². The Morgan fingerprint density at radius 3 is 2.18 bits per heavy atom. The van der Waals surface area contributed by atoms with Crippen molar-refractivity contribution in [2.75, 3.05) is 18.9 Å². The monoisotopic (exact) mass is 345 g/mol. The lowest BCUT2D eigenvalue weighted by molar-refractivity contribution is -0.125. The van der Waals surface area contributed by atoms with E-state index in [0.717, 1.165) is 0 Å². The minimum Gasteiger partial charge on any atom is -0.353 e. The van der Waals surface area contributed by atoms with Crippen LogP contribution in [0.25, 0.3) is 0 Å². The van der Waals surface area contributed by atoms with E-state index >= 15 is 0 Å². The Morgan fingerprint density at radius 1 is 1.14 bits per heavy atom. The molecule has 1 atom stereocenters. The molecular formula is C15H21Cl2N3O2. The van der Waals surface area contributed by atoms with Crippen molar-refractivity contribution in [1.82, 2.24) is 10.2 Å². The number of carbonyl (C=O) groups is 2. The van der Waals surface area contributed by atoms with Gasteiger partial charge in [-0.15, -0.1) is 0 Å². The molecule has 0 unspecified atom stereocenters. The van der Waals surface area contributed by atoms with Gasteiger partial charge in [-0.3, -0.25) is 14.5 Å². The number of nitrogens with zero attached hydrogens (tertiary/aromatic N) is 1. The molecule has 2 N–H and O–H groups in total. The molecule has 122 valence electrons.